The van der Waals surface area contributed by atoms with Crippen LogP contribution in [0.5, 0.6) is 0 Å². The summed E-state index contributed by atoms with van der Waals surface area (Å²) in [7, 11) is 0. The molecule has 1 N–H and O–H groups in total. The topological polar surface area (TPSA) is 72.2 Å². The van der Waals surface area contributed by atoms with Crippen LogP contribution in [0.4, 0.5) is 11.4 Å². The van der Waals surface area contributed by atoms with Crippen molar-refractivity contribution in [1.29, 1.82) is 0 Å². The number of rotatable bonds is 6. The summed E-state index contributed by atoms with van der Waals surface area (Å²) >= 11 is 1.43. The zero-order chi connectivity index (χ0) is 16.8. The zero-order valence-electron chi connectivity index (χ0n) is 13.0. The van der Waals surface area contributed by atoms with Crippen molar-refractivity contribution in [3.8, 4) is 0 Å². The van der Waals surface area contributed by atoms with Crippen LogP contribution in [-0.2, 0) is 10.5 Å². The van der Waals surface area contributed by atoms with Crippen LogP contribution in [0, 0.1) is 24.0 Å². The van der Waals surface area contributed by atoms with Crippen LogP contribution >= 0.6 is 11.8 Å². The molecule has 0 saturated heterocycles. The lowest BCUT2D eigenvalue weighted by Gasteiger charge is -2.09. The molecule has 2 aromatic rings. The molecule has 5 nitrogen and oxygen atoms in total. The van der Waals surface area contributed by atoms with Crippen molar-refractivity contribution in [1.82, 2.24) is 0 Å². The molecule has 2 aromatic carbocycles. The molecule has 1 amide bonds. The van der Waals surface area contributed by atoms with E-state index in [0.717, 1.165) is 22.4 Å². The molecule has 120 valence electrons. The summed E-state index contributed by atoms with van der Waals surface area (Å²) in [6.45, 7) is 3.96. The molecule has 0 radical (unpaired) electrons. The third-order valence-corrected chi connectivity index (χ3v) is 4.28. The average Bonchev–Trinajstić information content (AvgIpc) is 2.50. The van der Waals surface area contributed by atoms with Crippen LogP contribution < -0.4 is 5.32 Å². The quantitative estimate of drug-likeness (QED) is 0.640. The number of amides is 1. The van der Waals surface area contributed by atoms with E-state index < -0.39 is 4.92 Å². The van der Waals surface area contributed by atoms with E-state index in [0.29, 0.717) is 11.5 Å². The van der Waals surface area contributed by atoms with Gasteiger partial charge in [0.1, 0.15) is 0 Å². The molecule has 23 heavy (non-hydrogen) atoms. The first-order valence-electron chi connectivity index (χ1n) is 7.14. The second-order valence-corrected chi connectivity index (χ2v) is 6.27. The van der Waals surface area contributed by atoms with Crippen molar-refractivity contribution in [3.05, 3.63) is 69.3 Å². The van der Waals surface area contributed by atoms with E-state index in [2.05, 4.69) is 5.32 Å². The van der Waals surface area contributed by atoms with Gasteiger partial charge in [-0.25, -0.2) is 0 Å². The van der Waals surface area contributed by atoms with Crippen LogP contribution in [0.2, 0.25) is 0 Å². The number of nitrogens with one attached hydrogen (secondary N) is 1. The van der Waals surface area contributed by atoms with E-state index in [1.807, 2.05) is 38.1 Å². The smallest absolute Gasteiger partial charge is 0.269 e. The molecule has 0 fully saturated rings. The van der Waals surface area contributed by atoms with Crippen LogP contribution in [0.15, 0.2) is 42.5 Å². The molecule has 0 aliphatic rings. The largest absolute Gasteiger partial charge is 0.325 e. The van der Waals surface area contributed by atoms with Gasteiger partial charge in [-0.2, -0.15) is 0 Å². The monoisotopic (exact) mass is 330 g/mol. The number of non-ortho nitro benzene ring substituents is 1. The van der Waals surface area contributed by atoms with Gasteiger partial charge in [0, 0.05) is 23.6 Å². The Labute approximate surface area is 139 Å². The van der Waals surface area contributed by atoms with Crippen molar-refractivity contribution < 1.29 is 9.72 Å². The van der Waals surface area contributed by atoms with Gasteiger partial charge in [-0.15, -0.1) is 11.8 Å². The summed E-state index contributed by atoms with van der Waals surface area (Å²) in [6, 6.07) is 12.3. The first-order chi connectivity index (χ1) is 11.0. The molecule has 0 bridgehead atoms. The number of hydrogen-bond acceptors (Lipinski definition) is 4. The Morgan fingerprint density at radius 2 is 2.00 bits per heavy atom. The predicted octanol–water partition coefficient (Wildman–Crippen LogP) is 4.08. The first-order valence-corrected chi connectivity index (χ1v) is 8.29. The van der Waals surface area contributed by atoms with Crippen molar-refractivity contribution in [2.24, 2.45) is 0 Å². The van der Waals surface area contributed by atoms with Crippen molar-refractivity contribution in [2.75, 3.05) is 11.1 Å². The van der Waals surface area contributed by atoms with Crippen molar-refractivity contribution >= 4 is 29.0 Å². The second kappa shape index (κ2) is 7.78. The zero-order valence-corrected chi connectivity index (χ0v) is 13.9. The summed E-state index contributed by atoms with van der Waals surface area (Å²) in [6.07, 6.45) is 0. The van der Waals surface area contributed by atoms with E-state index in [-0.39, 0.29) is 11.6 Å². The summed E-state index contributed by atoms with van der Waals surface area (Å²) in [5.41, 5.74) is 3.91. The SMILES string of the molecule is Cc1ccc(NC(=O)CSCc2cccc([N+](=O)[O-])c2)c(C)c1. The number of thioether (sulfide) groups is 1. The number of nitro groups is 1. The maximum atomic E-state index is 12.0. The third-order valence-electron chi connectivity index (χ3n) is 3.28. The molecule has 0 spiro atoms. The number of aryl methyl sites for hydroxylation is 2. The van der Waals surface area contributed by atoms with Crippen LogP contribution in [0.3, 0.4) is 0 Å². The highest BCUT2D eigenvalue weighted by Gasteiger charge is 2.08. The summed E-state index contributed by atoms with van der Waals surface area (Å²) < 4.78 is 0. The van der Waals surface area contributed by atoms with Gasteiger partial charge in [0.25, 0.3) is 5.69 Å². The fourth-order valence-corrected chi connectivity index (χ4v) is 2.94. The molecule has 0 aromatic heterocycles. The van der Waals surface area contributed by atoms with Gasteiger partial charge < -0.3 is 5.32 Å². The molecule has 2 rings (SSSR count). The summed E-state index contributed by atoms with van der Waals surface area (Å²) in [5, 5.41) is 13.6. The Morgan fingerprint density at radius 1 is 1.22 bits per heavy atom. The molecular weight excluding hydrogens is 312 g/mol. The van der Waals surface area contributed by atoms with Gasteiger partial charge in [-0.3, -0.25) is 14.9 Å². The Bertz CT molecular complexity index is 732. The third kappa shape index (κ3) is 5.10. The minimum atomic E-state index is -0.416. The fourth-order valence-electron chi connectivity index (χ4n) is 2.16. The Morgan fingerprint density at radius 3 is 2.70 bits per heavy atom. The van der Waals surface area contributed by atoms with E-state index >= 15 is 0 Å². The molecule has 0 heterocycles. The van der Waals surface area contributed by atoms with Crippen LogP contribution in [0.1, 0.15) is 16.7 Å². The normalized spacial score (nSPS) is 10.3. The van der Waals surface area contributed by atoms with Crippen LogP contribution in [0.25, 0.3) is 0 Å². The Kier molecular flexibility index (Phi) is 5.76. The number of anilines is 1. The highest BCUT2D eigenvalue weighted by atomic mass is 32.2. The maximum absolute atomic E-state index is 12.0. The first kappa shape index (κ1) is 17.0. The number of hydrogen-bond donors (Lipinski definition) is 1. The van der Waals surface area contributed by atoms with E-state index in [9.17, 15) is 14.9 Å². The van der Waals surface area contributed by atoms with E-state index in [1.165, 1.54) is 23.9 Å². The standard InChI is InChI=1S/C17H18N2O3S/c1-12-6-7-16(13(2)8-12)18-17(20)11-23-10-14-4-3-5-15(9-14)19(21)22/h3-9H,10-11H2,1-2H3,(H,18,20). The second-order valence-electron chi connectivity index (χ2n) is 5.29. The van der Waals surface area contributed by atoms with Gasteiger partial charge in [0.15, 0.2) is 0 Å². The molecule has 0 saturated carbocycles. The van der Waals surface area contributed by atoms with Gasteiger partial charge in [-0.05, 0) is 31.0 Å². The molecule has 0 aliphatic carbocycles. The van der Waals surface area contributed by atoms with Crippen LogP contribution in [-0.4, -0.2) is 16.6 Å². The summed E-state index contributed by atoms with van der Waals surface area (Å²) in [5.74, 6) is 0.783. The number of benzene rings is 2. The number of nitro benzene ring substituents is 1. The number of nitrogens with zero attached hydrogens (tertiary/aromatic N) is 1. The molecule has 0 aliphatic heterocycles. The highest BCUT2D eigenvalue weighted by Crippen LogP contribution is 2.19. The highest BCUT2D eigenvalue weighted by molar-refractivity contribution is 7.99. The molecule has 0 unspecified atom stereocenters. The summed E-state index contributed by atoms with van der Waals surface area (Å²) in [4.78, 5) is 22.3. The lowest BCUT2D eigenvalue weighted by molar-refractivity contribution is -0.384. The number of carbonyl (C=O) groups is 1. The van der Waals surface area contributed by atoms with E-state index in [4.69, 9.17) is 0 Å². The van der Waals surface area contributed by atoms with Crippen molar-refractivity contribution in [3.63, 3.8) is 0 Å². The lowest BCUT2D eigenvalue weighted by Crippen LogP contribution is -2.15. The van der Waals surface area contributed by atoms with Gasteiger partial charge in [-0.1, -0.05) is 29.8 Å². The van der Waals surface area contributed by atoms with Crippen molar-refractivity contribution in [2.45, 2.75) is 19.6 Å². The fraction of sp³-hybridized carbons (Fsp3) is 0.235. The van der Waals surface area contributed by atoms with E-state index in [1.54, 1.807) is 6.07 Å². The minimum absolute atomic E-state index is 0.0721. The molecular formula is C17H18N2O3S. The maximum Gasteiger partial charge on any atom is 0.269 e. The van der Waals surface area contributed by atoms with Gasteiger partial charge >= 0.3 is 0 Å². The average molecular weight is 330 g/mol. The number of carbonyl (C=O) groups excluding carboxylic acids is 1. The Balaban J connectivity index is 1.85. The molecule has 6 heteroatoms. The van der Waals surface area contributed by atoms with Gasteiger partial charge in [0.05, 0.1) is 10.7 Å². The van der Waals surface area contributed by atoms with Gasteiger partial charge in [0.2, 0.25) is 5.91 Å². The minimum Gasteiger partial charge on any atom is -0.325 e. The molecule has 0 atom stereocenters. The lowest BCUT2D eigenvalue weighted by atomic mass is 10.1. The predicted molar refractivity (Wildman–Crippen MR) is 93.8 cm³/mol. The Hall–Kier alpha value is -2.34.